The number of methoxy groups -OCH3 is 2. The number of carbonyl (C=O) groups is 4. The van der Waals surface area contributed by atoms with Crippen LogP contribution in [0.25, 0.3) is 0 Å². The van der Waals surface area contributed by atoms with E-state index in [4.69, 9.17) is 9.47 Å². The molecule has 0 aliphatic carbocycles. The topological polar surface area (TPSA) is 141 Å². The Balaban J connectivity index is 1.46. The van der Waals surface area contributed by atoms with Crippen molar-refractivity contribution in [2.24, 2.45) is 0 Å². The van der Waals surface area contributed by atoms with Gasteiger partial charge >= 0.3 is 0 Å². The molecule has 0 fully saturated rings. The van der Waals surface area contributed by atoms with Crippen molar-refractivity contribution in [3.63, 3.8) is 0 Å². The molecule has 4 aromatic rings. The second-order valence-electron chi connectivity index (χ2n) is 12.2. The van der Waals surface area contributed by atoms with Gasteiger partial charge in [-0.25, -0.2) is 0 Å². The van der Waals surface area contributed by atoms with Crippen molar-refractivity contribution in [3.8, 4) is 11.5 Å². The van der Waals surface area contributed by atoms with Gasteiger partial charge in [0.15, 0.2) is 0 Å². The lowest BCUT2D eigenvalue weighted by molar-refractivity contribution is -0.130. The third-order valence-corrected chi connectivity index (χ3v) is 8.56. The van der Waals surface area contributed by atoms with E-state index in [-0.39, 0.29) is 50.9 Å². The minimum atomic E-state index is -0.923. The molecule has 4 amide bonds. The van der Waals surface area contributed by atoms with Crippen molar-refractivity contribution >= 4 is 35.0 Å². The maximum Gasteiger partial charge on any atom is 0.249 e. The molecule has 0 spiro atoms. The molecule has 12 nitrogen and oxygen atoms in total. The summed E-state index contributed by atoms with van der Waals surface area (Å²) >= 11 is 0. The molecule has 0 aromatic heterocycles. The number of nitrogens with zero attached hydrogens (tertiary/aromatic N) is 3. The van der Waals surface area contributed by atoms with Crippen LogP contribution in [0.5, 0.6) is 11.5 Å². The summed E-state index contributed by atoms with van der Waals surface area (Å²) in [5, 5.41) is 15.5. The Morgan fingerprint density at radius 2 is 0.962 bits per heavy atom. The van der Waals surface area contributed by atoms with Crippen molar-refractivity contribution in [1.82, 2.24) is 15.5 Å². The molecular formula is C40H47N5O7. The van der Waals surface area contributed by atoms with E-state index >= 15 is 0 Å². The fourth-order valence-corrected chi connectivity index (χ4v) is 5.67. The summed E-state index contributed by atoms with van der Waals surface area (Å²) in [6.07, 6.45) is 0.467. The molecule has 0 aliphatic heterocycles. The maximum absolute atomic E-state index is 13.8. The summed E-state index contributed by atoms with van der Waals surface area (Å²) in [4.78, 5) is 59.0. The van der Waals surface area contributed by atoms with Gasteiger partial charge in [-0.05, 0) is 59.7 Å². The first kappa shape index (κ1) is 39.1. The predicted octanol–water partition coefficient (Wildman–Crippen LogP) is 3.08. The van der Waals surface area contributed by atoms with Crippen LogP contribution in [-0.4, -0.2) is 100 Å². The highest BCUT2D eigenvalue weighted by Gasteiger charge is 2.28. The molecular weight excluding hydrogens is 662 g/mol. The van der Waals surface area contributed by atoms with Crippen molar-refractivity contribution in [2.45, 2.75) is 24.9 Å². The van der Waals surface area contributed by atoms with Gasteiger partial charge in [0.2, 0.25) is 23.6 Å². The summed E-state index contributed by atoms with van der Waals surface area (Å²) in [5.41, 5.74) is 2.94. The van der Waals surface area contributed by atoms with E-state index in [9.17, 15) is 24.3 Å². The Labute approximate surface area is 304 Å². The number of hydrogen-bond donors (Lipinski definition) is 3. The average molecular weight is 710 g/mol. The highest BCUT2D eigenvalue weighted by molar-refractivity contribution is 6.00. The number of ether oxygens (including phenoxy) is 2. The van der Waals surface area contributed by atoms with Crippen LogP contribution in [0.1, 0.15) is 11.1 Å². The molecule has 0 saturated heterocycles. The molecule has 2 atom stereocenters. The summed E-state index contributed by atoms with van der Waals surface area (Å²) in [5.74, 6) is -0.391. The van der Waals surface area contributed by atoms with Gasteiger partial charge < -0.3 is 35.0 Å². The maximum atomic E-state index is 13.8. The molecule has 0 bridgehead atoms. The lowest BCUT2D eigenvalue weighted by atomic mass is 10.0. The van der Waals surface area contributed by atoms with Crippen LogP contribution in [0.15, 0.2) is 109 Å². The molecule has 12 heteroatoms. The lowest BCUT2D eigenvalue weighted by Gasteiger charge is -2.28. The van der Waals surface area contributed by atoms with Crippen LogP contribution in [0.3, 0.4) is 0 Å². The Kier molecular flexibility index (Phi) is 14.7. The van der Waals surface area contributed by atoms with E-state index in [0.29, 0.717) is 22.9 Å². The first-order chi connectivity index (χ1) is 25.1. The quantitative estimate of drug-likeness (QED) is 0.143. The Morgan fingerprint density at radius 3 is 1.29 bits per heavy atom. The van der Waals surface area contributed by atoms with Gasteiger partial charge in [0, 0.05) is 44.9 Å². The van der Waals surface area contributed by atoms with E-state index in [1.165, 1.54) is 14.7 Å². The van der Waals surface area contributed by atoms with Crippen LogP contribution in [0.4, 0.5) is 11.4 Å². The smallest absolute Gasteiger partial charge is 0.249 e. The van der Waals surface area contributed by atoms with Gasteiger partial charge in [-0.3, -0.25) is 24.1 Å². The van der Waals surface area contributed by atoms with E-state index in [1.807, 2.05) is 60.7 Å². The van der Waals surface area contributed by atoms with E-state index < -0.39 is 23.9 Å². The number of rotatable bonds is 18. The summed E-state index contributed by atoms with van der Waals surface area (Å²) in [7, 11) is 6.39. The fourth-order valence-electron chi connectivity index (χ4n) is 5.67. The first-order valence-electron chi connectivity index (χ1n) is 16.9. The normalized spacial score (nSPS) is 12.0. The van der Waals surface area contributed by atoms with Gasteiger partial charge in [-0.2, -0.15) is 0 Å². The number of aliphatic hydroxyl groups excluding tert-OH is 1. The summed E-state index contributed by atoms with van der Waals surface area (Å²) in [6, 6.07) is 30.8. The van der Waals surface area contributed by atoms with Crippen LogP contribution in [0, 0.1) is 0 Å². The molecule has 0 saturated carbocycles. The molecule has 4 rings (SSSR count). The first-order valence-corrected chi connectivity index (χ1v) is 16.9. The van der Waals surface area contributed by atoms with Gasteiger partial charge in [-0.15, -0.1) is 0 Å². The van der Waals surface area contributed by atoms with Gasteiger partial charge in [0.1, 0.15) is 23.6 Å². The minimum Gasteiger partial charge on any atom is -0.497 e. The van der Waals surface area contributed by atoms with Crippen molar-refractivity contribution < 1.29 is 33.8 Å². The van der Waals surface area contributed by atoms with E-state index in [0.717, 1.165) is 11.1 Å². The molecule has 4 aromatic carbocycles. The van der Waals surface area contributed by atoms with E-state index in [2.05, 4.69) is 10.6 Å². The lowest BCUT2D eigenvalue weighted by Crippen LogP contribution is -2.53. The highest BCUT2D eigenvalue weighted by atomic mass is 16.5. The number of amides is 4. The zero-order valence-electron chi connectivity index (χ0n) is 30.0. The van der Waals surface area contributed by atoms with Crippen LogP contribution in [-0.2, 0) is 32.0 Å². The summed E-state index contributed by atoms with van der Waals surface area (Å²) < 4.78 is 10.5. The monoisotopic (exact) mass is 709 g/mol. The van der Waals surface area contributed by atoms with Crippen molar-refractivity contribution in [3.05, 3.63) is 120 Å². The molecule has 52 heavy (non-hydrogen) atoms. The average Bonchev–Trinajstić information content (AvgIpc) is 3.17. The van der Waals surface area contributed by atoms with Crippen LogP contribution < -0.4 is 29.9 Å². The number of benzene rings is 4. The van der Waals surface area contributed by atoms with Gasteiger partial charge in [-0.1, -0.05) is 60.7 Å². The van der Waals surface area contributed by atoms with E-state index in [1.54, 1.807) is 76.8 Å². The Hall–Kier alpha value is -5.72. The molecule has 1 unspecified atom stereocenters. The zero-order valence-corrected chi connectivity index (χ0v) is 30.0. The van der Waals surface area contributed by atoms with Crippen LogP contribution >= 0.6 is 0 Å². The number of hydrogen-bond acceptors (Lipinski definition) is 8. The van der Waals surface area contributed by atoms with Crippen LogP contribution in [0.2, 0.25) is 0 Å². The largest absolute Gasteiger partial charge is 0.497 e. The Bertz CT molecular complexity index is 1610. The third kappa shape index (κ3) is 11.4. The predicted molar refractivity (Wildman–Crippen MR) is 200 cm³/mol. The molecule has 0 heterocycles. The SMILES string of the molecule is COc1ccc(N(C)C(=O)C(Cc2ccccc2)NC(=O)CN(CCO)CC(=O)N[C@@H](Cc2ccccc2)C(=O)N(C)c2ccc(OC)cc2)cc1. The minimum absolute atomic E-state index is 0.00688. The zero-order chi connectivity index (χ0) is 37.5. The van der Waals surface area contributed by atoms with Gasteiger partial charge in [0.25, 0.3) is 0 Å². The third-order valence-electron chi connectivity index (χ3n) is 8.56. The fraction of sp³-hybridized carbons (Fsp3) is 0.300. The number of aliphatic hydroxyl groups is 1. The molecule has 0 aliphatic rings. The number of nitrogens with one attached hydrogen (secondary N) is 2. The highest BCUT2D eigenvalue weighted by Crippen LogP contribution is 2.21. The van der Waals surface area contributed by atoms with Crippen molar-refractivity contribution in [2.75, 3.05) is 64.4 Å². The number of anilines is 2. The molecule has 0 radical (unpaired) electrons. The molecule has 274 valence electrons. The number of carbonyl (C=O) groups excluding carboxylic acids is 4. The second-order valence-corrected chi connectivity index (χ2v) is 12.2. The summed E-state index contributed by atoms with van der Waals surface area (Å²) in [6.45, 7) is -0.865. The Morgan fingerprint density at radius 1 is 0.596 bits per heavy atom. The van der Waals surface area contributed by atoms with Gasteiger partial charge in [0.05, 0.1) is 33.9 Å². The standard InChI is InChI=1S/C40H47N5O7/c1-43(31-15-19-33(51-3)20-16-31)39(49)35(25-29-11-7-5-8-12-29)41-37(47)27-45(23-24-46)28-38(48)42-36(26-30-13-9-6-10-14-30)40(50)44(2)32-17-21-34(52-4)22-18-32/h5-22,35-36,46H,23-28H2,1-4H3,(H,41,47)(H,42,48)/t35-,36?/m0/s1. The van der Waals surface area contributed by atoms with Crippen molar-refractivity contribution in [1.29, 1.82) is 0 Å². The second kappa shape index (κ2) is 19.6. The molecule has 3 N–H and O–H groups in total. The number of likely N-dealkylation sites (N-methyl/N-ethyl adjacent to an activating group) is 2.